The Hall–Kier alpha value is -7.23. The number of carboxylic acid groups (broad SMARTS) is 2. The van der Waals surface area contributed by atoms with Crippen LogP contribution in [-0.4, -0.2) is 159 Å². The summed E-state index contributed by atoms with van der Waals surface area (Å²) in [4.78, 5) is 149. The van der Waals surface area contributed by atoms with Gasteiger partial charge in [0.1, 0.15) is 48.3 Å². The zero-order chi connectivity index (χ0) is 57.9. The van der Waals surface area contributed by atoms with Gasteiger partial charge in [0, 0.05) is 29.9 Å². The molecule has 0 aliphatic heterocycles. The second kappa shape index (κ2) is 33.7. The summed E-state index contributed by atoms with van der Waals surface area (Å²) >= 11 is 0. The molecule has 2 rings (SSSR count). The number of aromatic amines is 1. The number of fused-ring (bicyclic) bond motifs is 1. The van der Waals surface area contributed by atoms with Crippen molar-refractivity contribution in [1.29, 1.82) is 0 Å². The normalized spacial score (nSPS) is 15.1. The standard InChI is InChI=1S/C50H81N13O14/c1-6-27(4)41(54)49(75)62-35(21-26(2)3)45(71)60-36(22-29-24-55-31-14-8-7-13-30(29)31)46(72)58-32(15-9-11-19-51)42(68)59-34(17-18-40(66)67)44(70)57-33(16-10-12-20-52)43(69)61-37(23-39(53)65)47(73)63-38(25-64)48(74)56-28(5)50(76)77/h7-8,13-14,24,26-28,32-38,41,55,64H,6,9-12,15-23,25,51-52,54H2,1-5H3,(H2,53,65)(H,56,74)(H,57,70)(H,58,72)(H,59,68)(H,60,71)(H,61,69)(H,62,75)(H,63,73)(H,66,67)(H,76,77)/t27-,28-,32-,33-,34-,35-,36-,37-,38-,41-/m0/s1. The lowest BCUT2D eigenvalue weighted by Crippen LogP contribution is -2.61. The molecule has 430 valence electrons. The number of unbranched alkanes of at least 4 members (excludes halogenated alkanes) is 2. The lowest BCUT2D eigenvalue weighted by molar-refractivity contribution is -0.142. The SMILES string of the molecule is CC[C@H](C)[C@H](N)C(=O)N[C@@H](CC(C)C)C(=O)N[C@@H](Cc1c[nH]c2ccccc12)C(=O)N[C@@H](CCCCN)C(=O)N[C@@H](CCC(=O)O)C(=O)N[C@@H](CCCCN)C(=O)N[C@@H](CC(N)=O)C(=O)N[C@@H](CO)C(=O)N[C@@H](C)C(=O)O. The Morgan fingerprint density at radius 2 is 1.04 bits per heavy atom. The number of amides is 9. The highest BCUT2D eigenvalue weighted by Crippen LogP contribution is 2.20. The Labute approximate surface area is 447 Å². The van der Waals surface area contributed by atoms with Crippen molar-refractivity contribution in [3.05, 3.63) is 36.0 Å². The maximum Gasteiger partial charge on any atom is 0.325 e. The molecule has 0 spiro atoms. The third-order valence-corrected chi connectivity index (χ3v) is 12.7. The van der Waals surface area contributed by atoms with E-state index in [2.05, 4.69) is 47.5 Å². The maximum absolute atomic E-state index is 14.6. The van der Waals surface area contributed by atoms with Gasteiger partial charge in [-0.3, -0.25) is 52.7 Å². The summed E-state index contributed by atoms with van der Waals surface area (Å²) < 4.78 is 0. The molecule has 0 radical (unpaired) electrons. The van der Waals surface area contributed by atoms with Crippen molar-refractivity contribution in [3.8, 4) is 0 Å². The van der Waals surface area contributed by atoms with E-state index in [1.165, 1.54) is 0 Å². The fourth-order valence-electron chi connectivity index (χ4n) is 7.89. The first-order valence-corrected chi connectivity index (χ1v) is 25.8. The number of aliphatic hydroxyl groups is 1. The highest BCUT2D eigenvalue weighted by atomic mass is 16.4. The Kier molecular flexibility index (Phi) is 28.9. The molecule has 0 aliphatic rings. The minimum absolute atomic E-state index is 0.0554. The lowest BCUT2D eigenvalue weighted by atomic mass is 9.97. The molecule has 27 heteroatoms. The van der Waals surface area contributed by atoms with Gasteiger partial charge in [-0.2, -0.15) is 0 Å². The van der Waals surface area contributed by atoms with Crippen molar-refractivity contribution in [2.45, 2.75) is 166 Å². The van der Waals surface area contributed by atoms with Gasteiger partial charge in [0.25, 0.3) is 0 Å². The number of aliphatic hydroxyl groups excluding tert-OH is 1. The van der Waals surface area contributed by atoms with E-state index < -0.39 is 145 Å². The lowest BCUT2D eigenvalue weighted by Gasteiger charge is -2.28. The number of rotatable bonds is 37. The number of benzene rings is 1. The van der Waals surface area contributed by atoms with Crippen LogP contribution in [0.1, 0.15) is 111 Å². The van der Waals surface area contributed by atoms with Gasteiger partial charge in [-0.1, -0.05) is 52.3 Å². The summed E-state index contributed by atoms with van der Waals surface area (Å²) in [6.45, 7) is 7.82. The van der Waals surface area contributed by atoms with Crippen molar-refractivity contribution >= 4 is 76.0 Å². The molecular formula is C50H81N13O14. The number of primary amides is 1. The third-order valence-electron chi connectivity index (χ3n) is 12.7. The number of aliphatic carboxylic acids is 2. The van der Waals surface area contributed by atoms with Gasteiger partial charge in [-0.15, -0.1) is 0 Å². The quantitative estimate of drug-likeness (QED) is 0.0302. The Balaban J connectivity index is 2.54. The van der Waals surface area contributed by atoms with Gasteiger partial charge < -0.3 is 85.8 Å². The Morgan fingerprint density at radius 3 is 1.53 bits per heavy atom. The molecule has 2 aromatic rings. The summed E-state index contributed by atoms with van der Waals surface area (Å²) in [5, 5.41) is 49.1. The van der Waals surface area contributed by atoms with Crippen LogP contribution in [0.2, 0.25) is 0 Å². The number of nitrogens with one attached hydrogen (secondary N) is 9. The molecule has 1 heterocycles. The fraction of sp³-hybridized carbons (Fsp3) is 0.620. The summed E-state index contributed by atoms with van der Waals surface area (Å²) in [5.74, 6) is -11.7. The largest absolute Gasteiger partial charge is 0.481 e. The average Bonchev–Trinajstić information content (AvgIpc) is 3.78. The topological polar surface area (TPSA) is 465 Å². The highest BCUT2D eigenvalue weighted by Gasteiger charge is 2.36. The first kappa shape index (κ1) is 65.9. The van der Waals surface area contributed by atoms with Crippen molar-refractivity contribution < 1.29 is 68.1 Å². The van der Waals surface area contributed by atoms with E-state index in [9.17, 15) is 63.0 Å². The van der Waals surface area contributed by atoms with E-state index in [1.807, 2.05) is 39.0 Å². The fourth-order valence-corrected chi connectivity index (χ4v) is 7.89. The van der Waals surface area contributed by atoms with Gasteiger partial charge in [-0.05, 0) is 94.8 Å². The predicted molar refractivity (Wildman–Crippen MR) is 281 cm³/mol. The number of H-pyrrole nitrogens is 1. The zero-order valence-corrected chi connectivity index (χ0v) is 44.5. The van der Waals surface area contributed by atoms with Crippen LogP contribution in [0.4, 0.5) is 0 Å². The van der Waals surface area contributed by atoms with Crippen LogP contribution in [0, 0.1) is 11.8 Å². The minimum atomic E-state index is -1.81. The molecule has 0 bridgehead atoms. The average molecular weight is 1090 g/mol. The van der Waals surface area contributed by atoms with E-state index in [4.69, 9.17) is 28.0 Å². The van der Waals surface area contributed by atoms with Crippen LogP contribution in [0.3, 0.4) is 0 Å². The van der Waals surface area contributed by atoms with E-state index in [-0.39, 0.29) is 63.5 Å². The van der Waals surface area contributed by atoms with Gasteiger partial charge in [-0.25, -0.2) is 0 Å². The zero-order valence-electron chi connectivity index (χ0n) is 44.5. The molecule has 0 aliphatic carbocycles. The van der Waals surface area contributed by atoms with Crippen molar-refractivity contribution in [3.63, 3.8) is 0 Å². The van der Waals surface area contributed by atoms with E-state index in [0.717, 1.165) is 17.8 Å². The van der Waals surface area contributed by atoms with Crippen molar-refractivity contribution in [1.82, 2.24) is 47.5 Å². The van der Waals surface area contributed by atoms with E-state index in [0.29, 0.717) is 24.8 Å². The number of nitrogens with two attached hydrogens (primary N) is 4. The predicted octanol–water partition coefficient (Wildman–Crippen LogP) is -2.90. The van der Waals surface area contributed by atoms with Crippen molar-refractivity contribution in [2.75, 3.05) is 19.7 Å². The second-order valence-electron chi connectivity index (χ2n) is 19.5. The number of carbonyl (C=O) groups is 11. The van der Waals surface area contributed by atoms with Gasteiger partial charge in [0.15, 0.2) is 0 Å². The molecule has 9 amide bonds. The summed E-state index contributed by atoms with van der Waals surface area (Å²) in [6, 6.07) is -5.82. The molecule has 27 nitrogen and oxygen atoms in total. The first-order valence-electron chi connectivity index (χ1n) is 25.8. The summed E-state index contributed by atoms with van der Waals surface area (Å²) in [5.41, 5.74) is 24.4. The number of aromatic nitrogens is 1. The molecular weight excluding hydrogens is 1010 g/mol. The number of hydrogen-bond acceptors (Lipinski definition) is 15. The van der Waals surface area contributed by atoms with Gasteiger partial charge >= 0.3 is 11.9 Å². The van der Waals surface area contributed by atoms with Crippen LogP contribution in [0.15, 0.2) is 30.5 Å². The Bertz CT molecular complexity index is 2330. The van der Waals surface area contributed by atoms with E-state index in [1.54, 1.807) is 19.2 Å². The molecule has 0 saturated heterocycles. The van der Waals surface area contributed by atoms with Crippen LogP contribution in [0.5, 0.6) is 0 Å². The number of para-hydroxylation sites is 1. The van der Waals surface area contributed by atoms with Crippen molar-refractivity contribution in [2.24, 2.45) is 34.8 Å². The Morgan fingerprint density at radius 1 is 0.584 bits per heavy atom. The summed E-state index contributed by atoms with van der Waals surface area (Å²) in [7, 11) is 0. The second-order valence-corrected chi connectivity index (χ2v) is 19.5. The minimum Gasteiger partial charge on any atom is -0.481 e. The first-order chi connectivity index (χ1) is 36.4. The van der Waals surface area contributed by atoms with Crippen LogP contribution >= 0.6 is 0 Å². The molecule has 1 aromatic carbocycles. The number of carboxylic acids is 2. The van der Waals surface area contributed by atoms with E-state index >= 15 is 0 Å². The maximum atomic E-state index is 14.6. The molecule has 0 fully saturated rings. The smallest absolute Gasteiger partial charge is 0.325 e. The molecule has 0 unspecified atom stereocenters. The highest BCUT2D eigenvalue weighted by molar-refractivity contribution is 5.99. The van der Waals surface area contributed by atoms with Crippen LogP contribution < -0.4 is 65.5 Å². The molecule has 20 N–H and O–H groups in total. The van der Waals surface area contributed by atoms with Gasteiger partial charge in [0.05, 0.1) is 19.1 Å². The van der Waals surface area contributed by atoms with Gasteiger partial charge in [0.2, 0.25) is 53.2 Å². The number of hydrogen-bond donors (Lipinski definition) is 16. The molecule has 0 saturated carbocycles. The van der Waals surface area contributed by atoms with Crippen LogP contribution in [0.25, 0.3) is 10.9 Å². The number of carbonyl (C=O) groups excluding carboxylic acids is 9. The molecule has 1 aromatic heterocycles. The van der Waals surface area contributed by atoms with Crippen LogP contribution in [-0.2, 0) is 59.2 Å². The molecule has 77 heavy (non-hydrogen) atoms. The third kappa shape index (κ3) is 22.9. The monoisotopic (exact) mass is 1090 g/mol. The summed E-state index contributed by atoms with van der Waals surface area (Å²) in [6.07, 6.45) is 1.27. The molecule has 10 atom stereocenters.